The van der Waals surface area contributed by atoms with Crippen LogP contribution in [-0.4, -0.2) is 34.4 Å². The Bertz CT molecular complexity index is 1110. The molecule has 0 bridgehead atoms. The standard InChI is InChI=1S/C30H39N5O2/c1-2-3-4-5-6-7-8-9-16-21-28(36)31-23-29(37)33-32-22-26-24-35(27-19-14-11-15-20-27)34-30(26)25-17-12-10-13-18-25/h10-15,17-20,22,24H,2-9,16,21,23H2,1H3,(H,31,36)(H,33,37). The maximum absolute atomic E-state index is 12.2. The van der Waals surface area contributed by atoms with E-state index in [0.29, 0.717) is 6.42 Å². The zero-order chi connectivity index (χ0) is 26.1. The Morgan fingerprint density at radius 1 is 0.838 bits per heavy atom. The third-order valence-electron chi connectivity index (χ3n) is 6.16. The highest BCUT2D eigenvalue weighted by Crippen LogP contribution is 2.22. The van der Waals surface area contributed by atoms with Gasteiger partial charge in [-0.15, -0.1) is 0 Å². The summed E-state index contributed by atoms with van der Waals surface area (Å²) in [6, 6.07) is 19.6. The maximum atomic E-state index is 12.2. The molecular weight excluding hydrogens is 462 g/mol. The number of rotatable bonds is 16. The number of para-hydroxylation sites is 1. The fourth-order valence-corrected chi connectivity index (χ4v) is 4.09. The number of nitrogens with zero attached hydrogens (tertiary/aromatic N) is 3. The number of carbonyl (C=O) groups is 2. The average molecular weight is 502 g/mol. The molecule has 0 saturated carbocycles. The van der Waals surface area contributed by atoms with E-state index in [1.807, 2.05) is 66.9 Å². The van der Waals surface area contributed by atoms with Crippen LogP contribution in [0.5, 0.6) is 0 Å². The molecule has 2 aromatic carbocycles. The van der Waals surface area contributed by atoms with Crippen LogP contribution < -0.4 is 10.7 Å². The first-order valence-corrected chi connectivity index (χ1v) is 13.5. The maximum Gasteiger partial charge on any atom is 0.259 e. The summed E-state index contributed by atoms with van der Waals surface area (Å²) in [6.07, 6.45) is 14.7. The molecule has 7 nitrogen and oxygen atoms in total. The van der Waals surface area contributed by atoms with Gasteiger partial charge in [0, 0.05) is 23.7 Å². The molecular formula is C30H39N5O2. The lowest BCUT2D eigenvalue weighted by Crippen LogP contribution is -2.34. The second-order valence-electron chi connectivity index (χ2n) is 9.23. The van der Waals surface area contributed by atoms with Gasteiger partial charge in [-0.2, -0.15) is 10.2 Å². The molecule has 0 saturated heterocycles. The highest BCUT2D eigenvalue weighted by Gasteiger charge is 2.11. The Kier molecular flexibility index (Phi) is 12.1. The zero-order valence-electron chi connectivity index (χ0n) is 21.9. The predicted octanol–water partition coefficient (Wildman–Crippen LogP) is 6.03. The number of unbranched alkanes of at least 4 members (excludes halogenated alkanes) is 8. The van der Waals surface area contributed by atoms with E-state index in [2.05, 4.69) is 22.8 Å². The van der Waals surface area contributed by atoms with E-state index < -0.39 is 0 Å². The Morgan fingerprint density at radius 2 is 1.46 bits per heavy atom. The van der Waals surface area contributed by atoms with E-state index in [0.717, 1.165) is 35.3 Å². The molecule has 0 aliphatic rings. The largest absolute Gasteiger partial charge is 0.347 e. The summed E-state index contributed by atoms with van der Waals surface area (Å²) in [5, 5.41) is 11.5. The molecule has 0 aliphatic carbocycles. The van der Waals surface area contributed by atoms with Crippen LogP contribution in [0.15, 0.2) is 72.0 Å². The zero-order valence-corrected chi connectivity index (χ0v) is 21.9. The summed E-state index contributed by atoms with van der Waals surface area (Å²) in [5.41, 5.74) is 5.91. The second-order valence-corrected chi connectivity index (χ2v) is 9.23. The van der Waals surface area contributed by atoms with Crippen molar-refractivity contribution in [3.63, 3.8) is 0 Å². The Labute approximate surface area is 220 Å². The van der Waals surface area contributed by atoms with Gasteiger partial charge in [-0.3, -0.25) is 9.59 Å². The van der Waals surface area contributed by atoms with Crippen LogP contribution in [0.2, 0.25) is 0 Å². The van der Waals surface area contributed by atoms with E-state index in [1.54, 1.807) is 10.9 Å². The highest BCUT2D eigenvalue weighted by molar-refractivity contribution is 5.90. The first kappa shape index (κ1) is 27.8. The molecule has 0 aliphatic heterocycles. The molecule has 3 rings (SSSR count). The molecule has 3 aromatic rings. The summed E-state index contributed by atoms with van der Waals surface area (Å²) in [5.74, 6) is -0.467. The molecule has 0 fully saturated rings. The number of hydrogen-bond acceptors (Lipinski definition) is 4. The quantitative estimate of drug-likeness (QED) is 0.143. The van der Waals surface area contributed by atoms with Gasteiger partial charge >= 0.3 is 0 Å². The molecule has 37 heavy (non-hydrogen) atoms. The second kappa shape index (κ2) is 16.1. The van der Waals surface area contributed by atoms with Crippen molar-refractivity contribution >= 4 is 18.0 Å². The third-order valence-corrected chi connectivity index (χ3v) is 6.16. The Morgan fingerprint density at radius 3 is 2.14 bits per heavy atom. The van der Waals surface area contributed by atoms with E-state index in [4.69, 9.17) is 5.10 Å². The van der Waals surface area contributed by atoms with Crippen LogP contribution in [0.3, 0.4) is 0 Å². The normalized spacial score (nSPS) is 11.1. The SMILES string of the molecule is CCCCCCCCCCCC(=O)NCC(=O)NN=Cc1cn(-c2ccccc2)nc1-c1ccccc1. The molecule has 2 amide bonds. The van der Waals surface area contributed by atoms with Crippen molar-refractivity contribution in [2.75, 3.05) is 6.54 Å². The molecule has 2 N–H and O–H groups in total. The van der Waals surface area contributed by atoms with Crippen LogP contribution in [0.1, 0.15) is 76.7 Å². The van der Waals surface area contributed by atoms with Crippen molar-refractivity contribution in [1.82, 2.24) is 20.5 Å². The predicted molar refractivity (Wildman–Crippen MR) is 150 cm³/mol. The monoisotopic (exact) mass is 501 g/mol. The first-order chi connectivity index (χ1) is 18.2. The van der Waals surface area contributed by atoms with Crippen LogP contribution in [0.25, 0.3) is 16.9 Å². The molecule has 0 spiro atoms. The number of hydrogen-bond donors (Lipinski definition) is 2. The molecule has 1 heterocycles. The lowest BCUT2D eigenvalue weighted by molar-refractivity contribution is -0.126. The van der Waals surface area contributed by atoms with Crippen molar-refractivity contribution in [2.45, 2.75) is 71.1 Å². The van der Waals surface area contributed by atoms with Crippen molar-refractivity contribution in [3.8, 4) is 16.9 Å². The highest BCUT2D eigenvalue weighted by atomic mass is 16.2. The number of nitrogens with one attached hydrogen (secondary N) is 2. The van der Waals surface area contributed by atoms with Gasteiger partial charge in [0.15, 0.2) is 0 Å². The summed E-state index contributed by atoms with van der Waals surface area (Å²) < 4.78 is 1.79. The van der Waals surface area contributed by atoms with Gasteiger partial charge in [0.25, 0.3) is 5.91 Å². The van der Waals surface area contributed by atoms with E-state index in [9.17, 15) is 9.59 Å². The smallest absolute Gasteiger partial charge is 0.259 e. The third kappa shape index (κ3) is 10.0. The molecule has 1 aromatic heterocycles. The number of aromatic nitrogens is 2. The lowest BCUT2D eigenvalue weighted by atomic mass is 10.1. The van der Waals surface area contributed by atoms with E-state index >= 15 is 0 Å². The molecule has 0 atom stereocenters. The topological polar surface area (TPSA) is 88.4 Å². The molecule has 7 heteroatoms. The van der Waals surface area contributed by atoms with Crippen LogP contribution in [0.4, 0.5) is 0 Å². The van der Waals surface area contributed by atoms with Crippen molar-refractivity contribution in [2.24, 2.45) is 5.10 Å². The summed E-state index contributed by atoms with van der Waals surface area (Å²) in [6.45, 7) is 2.13. The minimum Gasteiger partial charge on any atom is -0.347 e. The van der Waals surface area contributed by atoms with Crippen LogP contribution >= 0.6 is 0 Å². The summed E-state index contributed by atoms with van der Waals surface area (Å²) >= 11 is 0. The Balaban J connectivity index is 1.42. The van der Waals surface area contributed by atoms with Gasteiger partial charge in [-0.25, -0.2) is 10.1 Å². The van der Waals surface area contributed by atoms with Gasteiger partial charge in [-0.05, 0) is 18.6 Å². The Hall–Kier alpha value is -3.74. The van der Waals surface area contributed by atoms with Crippen LogP contribution in [-0.2, 0) is 9.59 Å². The number of amides is 2. The van der Waals surface area contributed by atoms with E-state index in [-0.39, 0.29) is 18.4 Å². The lowest BCUT2D eigenvalue weighted by Gasteiger charge is -2.05. The number of carbonyl (C=O) groups excluding carboxylic acids is 2. The molecule has 196 valence electrons. The minimum absolute atomic E-state index is 0.0948. The van der Waals surface area contributed by atoms with Crippen LogP contribution in [0, 0.1) is 0 Å². The fourth-order valence-electron chi connectivity index (χ4n) is 4.09. The van der Waals surface area contributed by atoms with Gasteiger partial charge in [0.05, 0.1) is 18.4 Å². The van der Waals surface area contributed by atoms with Gasteiger partial charge in [-0.1, -0.05) is 107 Å². The van der Waals surface area contributed by atoms with Crippen molar-refractivity contribution in [1.29, 1.82) is 0 Å². The first-order valence-electron chi connectivity index (χ1n) is 13.5. The number of hydrazone groups is 1. The van der Waals surface area contributed by atoms with Gasteiger partial charge in [0.2, 0.25) is 5.91 Å². The number of benzene rings is 2. The van der Waals surface area contributed by atoms with Crippen molar-refractivity contribution < 1.29 is 9.59 Å². The van der Waals surface area contributed by atoms with Crippen molar-refractivity contribution in [3.05, 3.63) is 72.4 Å². The van der Waals surface area contributed by atoms with Gasteiger partial charge in [0.1, 0.15) is 5.69 Å². The minimum atomic E-state index is -0.367. The molecule has 0 radical (unpaired) electrons. The average Bonchev–Trinajstić information content (AvgIpc) is 3.36. The fraction of sp³-hybridized carbons (Fsp3) is 0.400. The summed E-state index contributed by atoms with van der Waals surface area (Å²) in [4.78, 5) is 24.2. The molecule has 0 unspecified atom stereocenters. The van der Waals surface area contributed by atoms with Gasteiger partial charge < -0.3 is 5.32 Å². The summed E-state index contributed by atoms with van der Waals surface area (Å²) in [7, 11) is 0. The van der Waals surface area contributed by atoms with E-state index in [1.165, 1.54) is 44.9 Å².